The summed E-state index contributed by atoms with van der Waals surface area (Å²) in [5.74, 6) is 0.185. The number of ether oxygens (including phenoxy) is 1. The Morgan fingerprint density at radius 3 is 2.53 bits per heavy atom. The van der Waals surface area contributed by atoms with Gasteiger partial charge in [-0.1, -0.05) is 6.92 Å². The maximum Gasteiger partial charge on any atom is 0.224 e. The largest absolute Gasteiger partial charge is 0.395 e. The highest BCUT2D eigenvalue weighted by Gasteiger charge is 2.20. The second-order valence-corrected chi connectivity index (χ2v) is 4.31. The van der Waals surface area contributed by atoms with Crippen LogP contribution in [0.25, 0.3) is 0 Å². The molecule has 0 radical (unpaired) electrons. The minimum absolute atomic E-state index is 0.185. The molecule has 0 atom stereocenters. The summed E-state index contributed by atoms with van der Waals surface area (Å²) in [6.45, 7) is 7.49. The van der Waals surface area contributed by atoms with Gasteiger partial charge in [-0.05, 0) is 6.42 Å². The quantitative estimate of drug-likeness (QED) is 0.638. The van der Waals surface area contributed by atoms with Crippen molar-refractivity contribution in [2.24, 2.45) is 0 Å². The molecule has 0 saturated carbocycles. The van der Waals surface area contributed by atoms with E-state index in [9.17, 15) is 4.79 Å². The second kappa shape index (κ2) is 8.44. The summed E-state index contributed by atoms with van der Waals surface area (Å²) in [5, 5.41) is 8.82. The van der Waals surface area contributed by atoms with Crippen LogP contribution in [0.3, 0.4) is 0 Å². The number of hydrogen-bond acceptors (Lipinski definition) is 4. The third kappa shape index (κ3) is 5.48. The summed E-state index contributed by atoms with van der Waals surface area (Å²) in [5.41, 5.74) is 0. The Kier molecular flexibility index (Phi) is 7.16. The molecule has 0 aromatic carbocycles. The standard InChI is InChI=1S/C12H24N2O3/c1-2-10-17-11-3-12(16)14-6-4-13(5-7-14)8-9-15/h15H,2-11H2,1H3. The predicted molar refractivity (Wildman–Crippen MR) is 65.8 cm³/mol. The van der Waals surface area contributed by atoms with E-state index in [1.165, 1.54) is 0 Å². The van der Waals surface area contributed by atoms with Crippen molar-refractivity contribution in [2.75, 3.05) is 52.5 Å². The Morgan fingerprint density at radius 2 is 1.94 bits per heavy atom. The van der Waals surface area contributed by atoms with Gasteiger partial charge in [-0.2, -0.15) is 0 Å². The minimum Gasteiger partial charge on any atom is -0.395 e. The molecule has 1 N–H and O–H groups in total. The molecule has 1 aliphatic rings. The molecule has 5 heteroatoms. The average Bonchev–Trinajstić information content (AvgIpc) is 2.36. The Labute approximate surface area is 103 Å². The molecule has 5 nitrogen and oxygen atoms in total. The topological polar surface area (TPSA) is 53.0 Å². The number of rotatable bonds is 7. The number of hydrogen-bond donors (Lipinski definition) is 1. The van der Waals surface area contributed by atoms with Gasteiger partial charge in [0.15, 0.2) is 0 Å². The van der Waals surface area contributed by atoms with Gasteiger partial charge in [-0.15, -0.1) is 0 Å². The van der Waals surface area contributed by atoms with Crippen LogP contribution in [-0.4, -0.2) is 73.4 Å². The van der Waals surface area contributed by atoms with E-state index in [1.54, 1.807) is 0 Å². The van der Waals surface area contributed by atoms with Crippen molar-refractivity contribution in [2.45, 2.75) is 19.8 Å². The Balaban J connectivity index is 2.12. The molecule has 0 bridgehead atoms. The molecule has 17 heavy (non-hydrogen) atoms. The first-order valence-electron chi connectivity index (χ1n) is 6.46. The number of aliphatic hydroxyl groups is 1. The van der Waals surface area contributed by atoms with E-state index in [-0.39, 0.29) is 12.5 Å². The summed E-state index contributed by atoms with van der Waals surface area (Å²) in [4.78, 5) is 15.9. The van der Waals surface area contributed by atoms with Gasteiger partial charge >= 0.3 is 0 Å². The van der Waals surface area contributed by atoms with Crippen molar-refractivity contribution in [3.63, 3.8) is 0 Å². The fraction of sp³-hybridized carbons (Fsp3) is 0.917. The van der Waals surface area contributed by atoms with Crippen molar-refractivity contribution in [1.82, 2.24) is 9.80 Å². The van der Waals surface area contributed by atoms with E-state index in [4.69, 9.17) is 9.84 Å². The number of β-amino-alcohol motifs (C(OH)–C–C–N with tert-alkyl or cyclic N) is 1. The molecule has 1 aliphatic heterocycles. The molecule has 0 aromatic heterocycles. The summed E-state index contributed by atoms with van der Waals surface area (Å²) < 4.78 is 5.31. The van der Waals surface area contributed by atoms with Crippen LogP contribution in [-0.2, 0) is 9.53 Å². The predicted octanol–water partition coefficient (Wildman–Crippen LogP) is -0.0604. The van der Waals surface area contributed by atoms with Gasteiger partial charge in [-0.3, -0.25) is 9.69 Å². The number of carbonyl (C=O) groups excluding carboxylic acids is 1. The maximum absolute atomic E-state index is 11.8. The number of nitrogens with zero attached hydrogens (tertiary/aromatic N) is 2. The Hall–Kier alpha value is -0.650. The lowest BCUT2D eigenvalue weighted by Crippen LogP contribution is -2.49. The zero-order chi connectivity index (χ0) is 12.5. The highest BCUT2D eigenvalue weighted by molar-refractivity contribution is 5.76. The van der Waals surface area contributed by atoms with Crippen molar-refractivity contribution >= 4 is 5.91 Å². The van der Waals surface area contributed by atoms with Crippen LogP contribution in [0.4, 0.5) is 0 Å². The molecular weight excluding hydrogens is 220 g/mol. The molecule has 0 unspecified atom stereocenters. The van der Waals surface area contributed by atoms with E-state index in [1.807, 2.05) is 4.90 Å². The first kappa shape index (κ1) is 14.4. The third-order valence-electron chi connectivity index (χ3n) is 2.95. The van der Waals surface area contributed by atoms with Crippen LogP contribution >= 0.6 is 0 Å². The van der Waals surface area contributed by atoms with Gasteiger partial charge in [-0.25, -0.2) is 0 Å². The van der Waals surface area contributed by atoms with Crippen molar-refractivity contribution in [3.05, 3.63) is 0 Å². The molecule has 1 saturated heterocycles. The molecule has 1 amide bonds. The van der Waals surface area contributed by atoms with Crippen molar-refractivity contribution in [3.8, 4) is 0 Å². The fourth-order valence-electron chi connectivity index (χ4n) is 1.93. The fourth-order valence-corrected chi connectivity index (χ4v) is 1.93. The lowest BCUT2D eigenvalue weighted by Gasteiger charge is -2.34. The molecule has 1 rings (SSSR count). The second-order valence-electron chi connectivity index (χ2n) is 4.31. The Morgan fingerprint density at radius 1 is 1.24 bits per heavy atom. The van der Waals surface area contributed by atoms with Gasteiger partial charge in [0.2, 0.25) is 5.91 Å². The zero-order valence-electron chi connectivity index (χ0n) is 10.7. The van der Waals surface area contributed by atoms with Crippen LogP contribution < -0.4 is 0 Å². The van der Waals surface area contributed by atoms with Gasteiger partial charge < -0.3 is 14.7 Å². The summed E-state index contributed by atoms with van der Waals surface area (Å²) in [6.07, 6.45) is 1.48. The minimum atomic E-state index is 0.185. The number of piperazine rings is 1. The van der Waals surface area contributed by atoms with Crippen molar-refractivity contribution in [1.29, 1.82) is 0 Å². The normalized spacial score (nSPS) is 17.4. The molecule has 0 aromatic rings. The number of amides is 1. The van der Waals surface area contributed by atoms with Gasteiger partial charge in [0.1, 0.15) is 0 Å². The van der Waals surface area contributed by atoms with Gasteiger partial charge in [0, 0.05) is 39.3 Å². The number of carbonyl (C=O) groups is 1. The van der Waals surface area contributed by atoms with Gasteiger partial charge in [0.05, 0.1) is 19.6 Å². The van der Waals surface area contributed by atoms with Crippen LogP contribution in [0.15, 0.2) is 0 Å². The third-order valence-corrected chi connectivity index (χ3v) is 2.95. The lowest BCUT2D eigenvalue weighted by molar-refractivity contribution is -0.134. The first-order valence-corrected chi connectivity index (χ1v) is 6.46. The highest BCUT2D eigenvalue weighted by Crippen LogP contribution is 2.03. The lowest BCUT2D eigenvalue weighted by atomic mass is 10.3. The highest BCUT2D eigenvalue weighted by atomic mass is 16.5. The monoisotopic (exact) mass is 244 g/mol. The SMILES string of the molecule is CCCOCCC(=O)N1CCN(CCO)CC1. The van der Waals surface area contributed by atoms with E-state index in [2.05, 4.69) is 11.8 Å². The maximum atomic E-state index is 11.8. The average molecular weight is 244 g/mol. The van der Waals surface area contributed by atoms with Gasteiger partial charge in [0.25, 0.3) is 0 Å². The number of aliphatic hydroxyl groups excluding tert-OH is 1. The zero-order valence-corrected chi connectivity index (χ0v) is 10.7. The van der Waals surface area contributed by atoms with E-state index < -0.39 is 0 Å². The summed E-state index contributed by atoms with van der Waals surface area (Å²) in [7, 11) is 0. The molecule has 0 aliphatic carbocycles. The van der Waals surface area contributed by atoms with E-state index >= 15 is 0 Å². The van der Waals surface area contributed by atoms with Crippen LogP contribution in [0.2, 0.25) is 0 Å². The van der Waals surface area contributed by atoms with Crippen molar-refractivity contribution < 1.29 is 14.6 Å². The van der Waals surface area contributed by atoms with Crippen LogP contribution in [0.5, 0.6) is 0 Å². The Bertz CT molecular complexity index is 216. The summed E-state index contributed by atoms with van der Waals surface area (Å²) in [6, 6.07) is 0. The molecule has 1 fully saturated rings. The first-order chi connectivity index (χ1) is 8.27. The molecular formula is C12H24N2O3. The molecule has 1 heterocycles. The van der Waals surface area contributed by atoms with Crippen LogP contribution in [0, 0.1) is 0 Å². The van der Waals surface area contributed by atoms with E-state index in [0.29, 0.717) is 19.6 Å². The smallest absolute Gasteiger partial charge is 0.224 e. The molecule has 0 spiro atoms. The molecule has 100 valence electrons. The van der Waals surface area contributed by atoms with Crippen LogP contribution in [0.1, 0.15) is 19.8 Å². The summed E-state index contributed by atoms with van der Waals surface area (Å²) >= 11 is 0. The van der Waals surface area contributed by atoms with E-state index in [0.717, 1.165) is 39.2 Å².